The van der Waals surface area contributed by atoms with Crippen LogP contribution in [0, 0.1) is 5.92 Å². The molecule has 5 nitrogen and oxygen atoms in total. The van der Waals surface area contributed by atoms with Crippen molar-refractivity contribution in [2.45, 2.75) is 26.3 Å². The summed E-state index contributed by atoms with van der Waals surface area (Å²) in [6, 6.07) is 12.0. The summed E-state index contributed by atoms with van der Waals surface area (Å²) in [7, 11) is -3.80. The predicted molar refractivity (Wildman–Crippen MR) is 120 cm³/mol. The van der Waals surface area contributed by atoms with Gasteiger partial charge < -0.3 is 5.32 Å². The monoisotopic (exact) mass is 476 g/mol. The van der Waals surface area contributed by atoms with Gasteiger partial charge in [-0.05, 0) is 30.0 Å². The molecule has 0 unspecified atom stereocenters. The van der Waals surface area contributed by atoms with Crippen molar-refractivity contribution in [3.63, 3.8) is 0 Å². The van der Waals surface area contributed by atoms with E-state index in [2.05, 4.69) is 19.2 Å². The van der Waals surface area contributed by atoms with E-state index >= 15 is 0 Å². The number of benzene rings is 2. The minimum absolute atomic E-state index is 0.0828. The third-order valence-corrected chi connectivity index (χ3v) is 6.34. The number of halogens is 3. The zero-order chi connectivity index (χ0) is 21.8. The molecule has 0 saturated heterocycles. The van der Waals surface area contributed by atoms with Crippen LogP contribution in [0.1, 0.15) is 31.9 Å². The Kier molecular flexibility index (Phi) is 8.23. The normalized spacial score (nSPS) is 12.7. The van der Waals surface area contributed by atoms with Gasteiger partial charge in [0.05, 0.1) is 33.1 Å². The van der Waals surface area contributed by atoms with Crippen LogP contribution >= 0.6 is 34.8 Å². The van der Waals surface area contributed by atoms with E-state index in [0.29, 0.717) is 12.3 Å². The van der Waals surface area contributed by atoms with E-state index in [0.717, 1.165) is 16.1 Å². The average molecular weight is 478 g/mol. The molecule has 0 fully saturated rings. The van der Waals surface area contributed by atoms with Gasteiger partial charge in [-0.3, -0.25) is 9.10 Å². The van der Waals surface area contributed by atoms with E-state index in [1.807, 2.05) is 30.3 Å². The second kappa shape index (κ2) is 10.0. The molecule has 2 aromatic rings. The first kappa shape index (κ1) is 23.8. The number of carbonyl (C=O) groups is 1. The van der Waals surface area contributed by atoms with Gasteiger partial charge in [-0.15, -0.1) is 0 Å². The van der Waals surface area contributed by atoms with E-state index < -0.39 is 22.5 Å². The Bertz CT molecular complexity index is 966. The van der Waals surface area contributed by atoms with Gasteiger partial charge in [0.2, 0.25) is 15.9 Å². The molecule has 9 heteroatoms. The fourth-order valence-corrected chi connectivity index (χ4v) is 4.44. The van der Waals surface area contributed by atoms with Crippen LogP contribution in [0.5, 0.6) is 0 Å². The van der Waals surface area contributed by atoms with Gasteiger partial charge in [0.25, 0.3) is 0 Å². The van der Waals surface area contributed by atoms with Gasteiger partial charge >= 0.3 is 0 Å². The van der Waals surface area contributed by atoms with Gasteiger partial charge in [0.1, 0.15) is 6.54 Å². The fourth-order valence-electron chi connectivity index (χ4n) is 2.89. The van der Waals surface area contributed by atoms with Crippen molar-refractivity contribution in [3.05, 3.63) is 63.1 Å². The molecule has 0 bridgehead atoms. The molecule has 0 aromatic heterocycles. The number of sulfonamides is 1. The molecule has 2 aromatic carbocycles. The Balaban J connectivity index is 2.29. The standard InChI is InChI=1S/C20H23Cl3N2O3S/c1-13(2)9-18(14-7-5-4-6-8-14)24-20(26)12-25(29(3,27)28)19-11-16(22)15(21)10-17(19)23/h4-8,10-11,13,18H,9,12H2,1-3H3,(H,24,26)/t18-/m0/s1. The van der Waals surface area contributed by atoms with Gasteiger partial charge in [-0.2, -0.15) is 0 Å². The lowest BCUT2D eigenvalue weighted by atomic mass is 9.97. The summed E-state index contributed by atoms with van der Waals surface area (Å²) in [5.74, 6) is -0.122. The Morgan fingerprint density at radius 1 is 1.03 bits per heavy atom. The highest BCUT2D eigenvalue weighted by Crippen LogP contribution is 2.35. The number of hydrogen-bond acceptors (Lipinski definition) is 3. The van der Waals surface area contributed by atoms with Gasteiger partial charge in [-0.1, -0.05) is 79.0 Å². The highest BCUT2D eigenvalue weighted by Gasteiger charge is 2.25. The summed E-state index contributed by atoms with van der Waals surface area (Å²) in [5, 5.41) is 3.35. The van der Waals surface area contributed by atoms with E-state index in [-0.39, 0.29) is 26.8 Å². The molecule has 1 amide bonds. The summed E-state index contributed by atoms with van der Waals surface area (Å²) in [6.45, 7) is 3.68. The van der Waals surface area contributed by atoms with Crippen LogP contribution in [0.4, 0.5) is 5.69 Å². The van der Waals surface area contributed by atoms with Crippen LogP contribution in [0.15, 0.2) is 42.5 Å². The van der Waals surface area contributed by atoms with Crippen molar-refractivity contribution in [3.8, 4) is 0 Å². The van der Waals surface area contributed by atoms with Crippen LogP contribution in [0.2, 0.25) is 15.1 Å². The van der Waals surface area contributed by atoms with E-state index in [1.165, 1.54) is 12.1 Å². The van der Waals surface area contributed by atoms with E-state index in [4.69, 9.17) is 34.8 Å². The average Bonchev–Trinajstić information content (AvgIpc) is 2.62. The number of nitrogens with zero attached hydrogens (tertiary/aromatic N) is 1. The first-order valence-corrected chi connectivity index (χ1v) is 11.9. The number of nitrogens with one attached hydrogen (secondary N) is 1. The maximum Gasteiger partial charge on any atom is 0.241 e. The van der Waals surface area contributed by atoms with Crippen LogP contribution in [-0.2, 0) is 14.8 Å². The Hall–Kier alpha value is -1.47. The van der Waals surface area contributed by atoms with Crippen molar-refractivity contribution in [1.82, 2.24) is 5.32 Å². The summed E-state index contributed by atoms with van der Waals surface area (Å²) in [6.07, 6.45) is 1.71. The van der Waals surface area contributed by atoms with Crippen LogP contribution in [-0.4, -0.2) is 27.1 Å². The molecule has 0 spiro atoms. The number of carbonyl (C=O) groups excluding carboxylic acids is 1. The minimum Gasteiger partial charge on any atom is -0.348 e. The molecular weight excluding hydrogens is 455 g/mol. The second-order valence-corrected chi connectivity index (χ2v) is 10.3. The molecular formula is C20H23Cl3N2O3S. The van der Waals surface area contributed by atoms with Crippen molar-refractivity contribution >= 4 is 56.4 Å². The lowest BCUT2D eigenvalue weighted by molar-refractivity contribution is -0.120. The van der Waals surface area contributed by atoms with E-state index in [9.17, 15) is 13.2 Å². The Morgan fingerprint density at radius 3 is 2.17 bits per heavy atom. The smallest absolute Gasteiger partial charge is 0.241 e. The van der Waals surface area contributed by atoms with Crippen molar-refractivity contribution in [2.75, 3.05) is 17.1 Å². The summed E-state index contributed by atoms with van der Waals surface area (Å²) in [4.78, 5) is 12.8. The lowest BCUT2D eigenvalue weighted by Crippen LogP contribution is -2.42. The molecule has 0 heterocycles. The van der Waals surface area contributed by atoms with Gasteiger partial charge in [0, 0.05) is 0 Å². The molecule has 2 rings (SSSR count). The third-order valence-electron chi connectivity index (χ3n) is 4.19. The van der Waals surface area contributed by atoms with Gasteiger partial charge in [-0.25, -0.2) is 8.42 Å². The highest BCUT2D eigenvalue weighted by atomic mass is 35.5. The summed E-state index contributed by atoms with van der Waals surface area (Å²) >= 11 is 18.1. The van der Waals surface area contributed by atoms with Crippen molar-refractivity contribution < 1.29 is 13.2 Å². The second-order valence-electron chi connectivity index (χ2n) is 7.15. The maximum atomic E-state index is 12.8. The maximum absolute atomic E-state index is 12.8. The molecule has 0 aliphatic rings. The molecule has 0 radical (unpaired) electrons. The fraction of sp³-hybridized carbons (Fsp3) is 0.350. The minimum atomic E-state index is -3.80. The SMILES string of the molecule is CC(C)C[C@H](NC(=O)CN(c1cc(Cl)c(Cl)cc1Cl)S(C)(=O)=O)c1ccccc1. The van der Waals surface area contributed by atoms with Crippen LogP contribution in [0.3, 0.4) is 0 Å². The van der Waals surface area contributed by atoms with Crippen molar-refractivity contribution in [2.24, 2.45) is 5.92 Å². The predicted octanol–water partition coefficient (Wildman–Crippen LogP) is 5.32. The molecule has 1 N–H and O–H groups in total. The zero-order valence-electron chi connectivity index (χ0n) is 16.3. The molecule has 0 aliphatic heterocycles. The highest BCUT2D eigenvalue weighted by molar-refractivity contribution is 7.92. The number of anilines is 1. The Morgan fingerprint density at radius 2 is 1.62 bits per heavy atom. The first-order chi connectivity index (χ1) is 13.5. The lowest BCUT2D eigenvalue weighted by Gasteiger charge is -2.26. The van der Waals surface area contributed by atoms with Crippen molar-refractivity contribution in [1.29, 1.82) is 0 Å². The third kappa shape index (κ3) is 6.78. The quantitative estimate of drug-likeness (QED) is 0.523. The zero-order valence-corrected chi connectivity index (χ0v) is 19.4. The molecule has 0 aliphatic carbocycles. The molecule has 0 saturated carbocycles. The van der Waals surface area contributed by atoms with Crippen LogP contribution in [0.25, 0.3) is 0 Å². The molecule has 29 heavy (non-hydrogen) atoms. The summed E-state index contributed by atoms with van der Waals surface area (Å²) in [5.41, 5.74) is 1.05. The molecule has 1 atom stereocenters. The number of amides is 1. The molecule has 158 valence electrons. The van der Waals surface area contributed by atoms with Crippen LogP contribution < -0.4 is 9.62 Å². The number of hydrogen-bond donors (Lipinski definition) is 1. The van der Waals surface area contributed by atoms with E-state index in [1.54, 1.807) is 0 Å². The first-order valence-electron chi connectivity index (χ1n) is 8.95. The largest absolute Gasteiger partial charge is 0.348 e. The Labute approximate surface area is 187 Å². The topological polar surface area (TPSA) is 66.5 Å². The summed E-state index contributed by atoms with van der Waals surface area (Å²) < 4.78 is 25.6. The number of rotatable bonds is 8. The van der Waals surface area contributed by atoms with Gasteiger partial charge in [0.15, 0.2) is 0 Å².